The molecule has 0 fully saturated rings. The summed E-state index contributed by atoms with van der Waals surface area (Å²) < 4.78 is 33.6. The number of amides is 1. The standard InChI is InChI=1S/C24H21N3O4S/c25-15-14-18-10-12-20(13-11-18)26-24(28)23-16-27(21-8-4-5-9-22(21)31-23)32(29,30)17-19-6-2-1-3-7-19/h1-13,23H,14,16-17H2,(H,26,28)/t23-/m1/s1. The van der Waals surface area contributed by atoms with Crippen LogP contribution in [0.5, 0.6) is 5.75 Å². The molecule has 1 N–H and O–H groups in total. The van der Waals surface area contributed by atoms with E-state index in [1.165, 1.54) is 4.31 Å². The summed E-state index contributed by atoms with van der Waals surface area (Å²) in [6.45, 7) is -0.134. The summed E-state index contributed by atoms with van der Waals surface area (Å²) in [6.07, 6.45) is -0.737. The summed E-state index contributed by atoms with van der Waals surface area (Å²) >= 11 is 0. The van der Waals surface area contributed by atoms with Crippen LogP contribution in [0.3, 0.4) is 0 Å². The van der Waals surface area contributed by atoms with Crippen molar-refractivity contribution < 1.29 is 17.9 Å². The number of carbonyl (C=O) groups excluding carboxylic acids is 1. The van der Waals surface area contributed by atoms with Gasteiger partial charge in [0, 0.05) is 5.69 Å². The molecule has 1 aliphatic heterocycles. The molecule has 0 aromatic heterocycles. The predicted molar refractivity (Wildman–Crippen MR) is 122 cm³/mol. The van der Waals surface area contributed by atoms with Gasteiger partial charge in [-0.3, -0.25) is 9.10 Å². The van der Waals surface area contributed by atoms with Crippen LogP contribution in [0.1, 0.15) is 11.1 Å². The number of rotatable bonds is 6. The van der Waals surface area contributed by atoms with E-state index in [0.717, 1.165) is 5.56 Å². The molecule has 0 radical (unpaired) electrons. The highest BCUT2D eigenvalue weighted by atomic mass is 32.2. The van der Waals surface area contributed by atoms with Gasteiger partial charge in [-0.05, 0) is 35.4 Å². The minimum Gasteiger partial charge on any atom is -0.476 e. The van der Waals surface area contributed by atoms with Crippen LogP contribution in [0.25, 0.3) is 0 Å². The molecule has 0 aliphatic carbocycles. The second-order valence-corrected chi connectivity index (χ2v) is 9.26. The average Bonchev–Trinajstić information content (AvgIpc) is 2.80. The normalized spacial score (nSPS) is 15.2. The zero-order chi connectivity index (χ0) is 22.6. The fourth-order valence-corrected chi connectivity index (χ4v) is 5.07. The summed E-state index contributed by atoms with van der Waals surface area (Å²) in [4.78, 5) is 12.9. The number of ether oxygens (including phenoxy) is 1. The van der Waals surface area contributed by atoms with Gasteiger partial charge < -0.3 is 10.1 Å². The predicted octanol–water partition coefficient (Wildman–Crippen LogP) is 3.49. The third-order valence-corrected chi connectivity index (χ3v) is 6.78. The molecule has 3 aromatic carbocycles. The summed E-state index contributed by atoms with van der Waals surface area (Å²) in [5.41, 5.74) is 2.45. The van der Waals surface area contributed by atoms with Crippen LogP contribution in [0, 0.1) is 11.3 Å². The van der Waals surface area contributed by atoms with Crippen molar-refractivity contribution in [2.45, 2.75) is 18.3 Å². The summed E-state index contributed by atoms with van der Waals surface area (Å²) in [5.74, 6) is -0.302. The molecular weight excluding hydrogens is 426 g/mol. The number of nitriles is 1. The summed E-state index contributed by atoms with van der Waals surface area (Å²) in [5, 5.41) is 11.5. The van der Waals surface area contributed by atoms with E-state index in [1.54, 1.807) is 72.8 Å². The third-order valence-electron chi connectivity index (χ3n) is 5.06. The fourth-order valence-electron chi connectivity index (χ4n) is 3.48. The first-order chi connectivity index (χ1) is 15.5. The van der Waals surface area contributed by atoms with E-state index in [-0.39, 0.29) is 18.7 Å². The Bertz CT molecular complexity index is 1250. The molecule has 8 heteroatoms. The number of hydrogen-bond acceptors (Lipinski definition) is 5. The first-order valence-electron chi connectivity index (χ1n) is 10.0. The van der Waals surface area contributed by atoms with Crippen LogP contribution in [0.2, 0.25) is 0 Å². The van der Waals surface area contributed by atoms with Gasteiger partial charge in [-0.15, -0.1) is 0 Å². The van der Waals surface area contributed by atoms with Crippen LogP contribution < -0.4 is 14.4 Å². The molecule has 0 saturated carbocycles. The molecule has 0 unspecified atom stereocenters. The van der Waals surface area contributed by atoms with Crippen molar-refractivity contribution in [3.8, 4) is 11.8 Å². The Morgan fingerprint density at radius 3 is 2.41 bits per heavy atom. The quantitative estimate of drug-likeness (QED) is 0.624. The van der Waals surface area contributed by atoms with E-state index in [2.05, 4.69) is 11.4 Å². The molecule has 162 valence electrons. The lowest BCUT2D eigenvalue weighted by Gasteiger charge is -2.34. The zero-order valence-corrected chi connectivity index (χ0v) is 18.0. The molecule has 0 bridgehead atoms. The Morgan fingerprint density at radius 1 is 1.00 bits per heavy atom. The van der Waals surface area contributed by atoms with Crippen LogP contribution in [0.15, 0.2) is 78.9 Å². The number of nitrogens with zero attached hydrogens (tertiary/aromatic N) is 2. The Balaban J connectivity index is 1.56. The third kappa shape index (κ3) is 4.74. The van der Waals surface area contributed by atoms with Crippen molar-refractivity contribution in [2.75, 3.05) is 16.2 Å². The van der Waals surface area contributed by atoms with Gasteiger partial charge in [-0.2, -0.15) is 5.26 Å². The van der Waals surface area contributed by atoms with Gasteiger partial charge in [0.05, 0.1) is 30.5 Å². The smallest absolute Gasteiger partial charge is 0.267 e. The fraction of sp³-hybridized carbons (Fsp3) is 0.167. The maximum Gasteiger partial charge on any atom is 0.267 e. The van der Waals surface area contributed by atoms with Gasteiger partial charge in [0.25, 0.3) is 5.91 Å². The number of benzene rings is 3. The van der Waals surface area contributed by atoms with Crippen molar-refractivity contribution in [1.82, 2.24) is 0 Å². The molecule has 0 saturated heterocycles. The van der Waals surface area contributed by atoms with Crippen molar-refractivity contribution >= 4 is 27.3 Å². The molecule has 1 atom stereocenters. The van der Waals surface area contributed by atoms with Gasteiger partial charge in [-0.1, -0.05) is 54.6 Å². The Labute approximate surface area is 186 Å². The maximum absolute atomic E-state index is 13.3. The molecular formula is C24H21N3O4S. The van der Waals surface area contributed by atoms with Crippen LogP contribution >= 0.6 is 0 Å². The minimum absolute atomic E-state index is 0.134. The van der Waals surface area contributed by atoms with Crippen molar-refractivity contribution in [1.29, 1.82) is 5.26 Å². The highest BCUT2D eigenvalue weighted by molar-refractivity contribution is 7.92. The van der Waals surface area contributed by atoms with Crippen LogP contribution in [0.4, 0.5) is 11.4 Å². The van der Waals surface area contributed by atoms with E-state index < -0.39 is 22.0 Å². The molecule has 4 rings (SSSR count). The van der Waals surface area contributed by atoms with Gasteiger partial charge >= 0.3 is 0 Å². The second kappa shape index (κ2) is 9.12. The topological polar surface area (TPSA) is 99.5 Å². The van der Waals surface area contributed by atoms with E-state index in [4.69, 9.17) is 10.00 Å². The number of anilines is 2. The lowest BCUT2D eigenvalue weighted by molar-refractivity contribution is -0.122. The SMILES string of the molecule is N#CCc1ccc(NC(=O)[C@H]2CN(S(=O)(=O)Cc3ccccc3)c3ccccc3O2)cc1. The minimum atomic E-state index is -3.76. The Morgan fingerprint density at radius 2 is 1.69 bits per heavy atom. The average molecular weight is 448 g/mol. The zero-order valence-electron chi connectivity index (χ0n) is 17.1. The molecule has 0 spiro atoms. The van der Waals surface area contributed by atoms with Gasteiger partial charge in [0.2, 0.25) is 10.0 Å². The monoisotopic (exact) mass is 447 g/mol. The van der Waals surface area contributed by atoms with Gasteiger partial charge in [-0.25, -0.2) is 8.42 Å². The number of para-hydroxylation sites is 2. The molecule has 1 amide bonds. The number of hydrogen-bond donors (Lipinski definition) is 1. The molecule has 7 nitrogen and oxygen atoms in total. The Hall–Kier alpha value is -3.83. The molecule has 1 heterocycles. The number of nitrogens with one attached hydrogen (secondary N) is 1. The van der Waals surface area contributed by atoms with E-state index in [1.807, 2.05) is 6.07 Å². The van der Waals surface area contributed by atoms with Gasteiger partial charge in [0.1, 0.15) is 5.75 Å². The second-order valence-electron chi connectivity index (χ2n) is 7.37. The molecule has 1 aliphatic rings. The molecule has 3 aromatic rings. The number of sulfonamides is 1. The van der Waals surface area contributed by atoms with Gasteiger partial charge in [0.15, 0.2) is 6.10 Å². The van der Waals surface area contributed by atoms with Crippen molar-refractivity contribution in [2.24, 2.45) is 0 Å². The van der Waals surface area contributed by atoms with Crippen molar-refractivity contribution in [3.05, 3.63) is 90.0 Å². The maximum atomic E-state index is 13.3. The van der Waals surface area contributed by atoms with Crippen molar-refractivity contribution in [3.63, 3.8) is 0 Å². The summed E-state index contributed by atoms with van der Waals surface area (Å²) in [7, 11) is -3.76. The molecule has 32 heavy (non-hydrogen) atoms. The highest BCUT2D eigenvalue weighted by Gasteiger charge is 2.36. The van der Waals surface area contributed by atoms with Crippen LogP contribution in [-0.2, 0) is 27.0 Å². The first-order valence-corrected chi connectivity index (χ1v) is 11.6. The van der Waals surface area contributed by atoms with E-state index in [9.17, 15) is 13.2 Å². The number of carbonyl (C=O) groups is 1. The number of fused-ring (bicyclic) bond motifs is 1. The largest absolute Gasteiger partial charge is 0.476 e. The van der Waals surface area contributed by atoms with Crippen LogP contribution in [-0.4, -0.2) is 27.0 Å². The Kier molecular flexibility index (Phi) is 6.10. The lowest BCUT2D eigenvalue weighted by atomic mass is 10.1. The van der Waals surface area contributed by atoms with E-state index >= 15 is 0 Å². The highest BCUT2D eigenvalue weighted by Crippen LogP contribution is 2.36. The van der Waals surface area contributed by atoms with E-state index in [0.29, 0.717) is 22.7 Å². The lowest BCUT2D eigenvalue weighted by Crippen LogP contribution is -2.49. The summed E-state index contributed by atoms with van der Waals surface area (Å²) in [6, 6.07) is 24.7. The first kappa shape index (κ1) is 21.4.